The Kier molecular flexibility index (Phi) is 12.3. The van der Waals surface area contributed by atoms with Crippen molar-refractivity contribution in [1.29, 1.82) is 0 Å². The molecule has 0 aliphatic carbocycles. The Morgan fingerprint density at radius 1 is 1.09 bits per heavy atom. The third kappa shape index (κ3) is 9.23. The van der Waals surface area contributed by atoms with Gasteiger partial charge in [-0.25, -0.2) is 0 Å². The highest BCUT2D eigenvalue weighted by atomic mass is 127. The number of aliphatic imine (C=N–C) groups is 1. The number of carbonyl (C=O) groups excluding carboxylic acids is 1. The fraction of sp³-hybridized carbons (Fsp3) is 0.667. The minimum Gasteiger partial charge on any atom is -0.356 e. The van der Waals surface area contributed by atoms with Crippen LogP contribution in [-0.4, -0.2) is 99.6 Å². The molecular formula is C24H41IN6O. The van der Waals surface area contributed by atoms with E-state index in [0.29, 0.717) is 12.3 Å². The predicted octanol–water partition coefficient (Wildman–Crippen LogP) is 1.89. The van der Waals surface area contributed by atoms with Crippen molar-refractivity contribution >= 4 is 35.8 Å². The molecule has 0 spiro atoms. The van der Waals surface area contributed by atoms with Gasteiger partial charge in [0.15, 0.2) is 5.96 Å². The van der Waals surface area contributed by atoms with E-state index in [-0.39, 0.29) is 29.9 Å². The van der Waals surface area contributed by atoms with Crippen LogP contribution in [0.3, 0.4) is 0 Å². The molecule has 3 rings (SSSR count). The highest BCUT2D eigenvalue weighted by Gasteiger charge is 2.29. The van der Waals surface area contributed by atoms with Gasteiger partial charge in [0.1, 0.15) is 0 Å². The van der Waals surface area contributed by atoms with Gasteiger partial charge >= 0.3 is 0 Å². The van der Waals surface area contributed by atoms with Crippen LogP contribution in [0.4, 0.5) is 0 Å². The topological polar surface area (TPSA) is 63.2 Å². The highest BCUT2D eigenvalue weighted by Crippen LogP contribution is 2.17. The second kappa shape index (κ2) is 14.7. The van der Waals surface area contributed by atoms with E-state index in [9.17, 15) is 4.79 Å². The monoisotopic (exact) mass is 556 g/mol. The lowest BCUT2D eigenvalue weighted by molar-refractivity contribution is -0.127. The number of hydrogen-bond acceptors (Lipinski definition) is 4. The molecule has 32 heavy (non-hydrogen) atoms. The van der Waals surface area contributed by atoms with Crippen LogP contribution < -0.4 is 10.6 Å². The first-order chi connectivity index (χ1) is 15.1. The number of rotatable bonds is 9. The van der Waals surface area contributed by atoms with Gasteiger partial charge in [-0.3, -0.25) is 9.79 Å². The molecule has 2 saturated heterocycles. The molecule has 0 radical (unpaired) electrons. The Balaban J connectivity index is 0.00000363. The summed E-state index contributed by atoms with van der Waals surface area (Å²) in [6, 6.07) is 10.4. The van der Waals surface area contributed by atoms with E-state index in [2.05, 4.69) is 56.7 Å². The molecule has 2 fully saturated rings. The van der Waals surface area contributed by atoms with Crippen LogP contribution in [0.2, 0.25) is 0 Å². The molecule has 1 unspecified atom stereocenters. The Morgan fingerprint density at radius 3 is 2.69 bits per heavy atom. The summed E-state index contributed by atoms with van der Waals surface area (Å²) in [7, 11) is 4.02. The molecule has 1 aromatic carbocycles. The van der Waals surface area contributed by atoms with Crippen molar-refractivity contribution in [3.8, 4) is 0 Å². The molecule has 2 aliphatic heterocycles. The summed E-state index contributed by atoms with van der Waals surface area (Å²) in [5.41, 5.74) is 1.29. The normalized spacial score (nSPS) is 20.7. The van der Waals surface area contributed by atoms with Crippen molar-refractivity contribution in [2.75, 3.05) is 73.0 Å². The minimum atomic E-state index is 0. The predicted molar refractivity (Wildman–Crippen MR) is 143 cm³/mol. The molecular weight excluding hydrogens is 515 g/mol. The van der Waals surface area contributed by atoms with Gasteiger partial charge in [0.05, 0.1) is 0 Å². The van der Waals surface area contributed by atoms with Gasteiger partial charge in [0, 0.05) is 58.7 Å². The summed E-state index contributed by atoms with van der Waals surface area (Å²) in [4.78, 5) is 23.7. The summed E-state index contributed by atoms with van der Waals surface area (Å²) in [6.45, 7) is 9.21. The van der Waals surface area contributed by atoms with E-state index >= 15 is 0 Å². The van der Waals surface area contributed by atoms with E-state index < -0.39 is 0 Å². The molecule has 2 aliphatic rings. The van der Waals surface area contributed by atoms with Crippen molar-refractivity contribution in [3.63, 3.8) is 0 Å². The average Bonchev–Trinajstić information content (AvgIpc) is 3.01. The van der Waals surface area contributed by atoms with E-state index in [1.54, 1.807) is 0 Å². The fourth-order valence-corrected chi connectivity index (χ4v) is 4.41. The Hall–Kier alpha value is -1.39. The molecule has 7 nitrogen and oxygen atoms in total. The minimum absolute atomic E-state index is 0. The van der Waals surface area contributed by atoms with Crippen molar-refractivity contribution in [3.05, 3.63) is 35.9 Å². The maximum absolute atomic E-state index is 12.4. The first kappa shape index (κ1) is 26.9. The summed E-state index contributed by atoms with van der Waals surface area (Å²) >= 11 is 0. The number of nitrogens with zero attached hydrogens (tertiary/aromatic N) is 4. The van der Waals surface area contributed by atoms with Gasteiger partial charge in [-0.05, 0) is 51.5 Å². The van der Waals surface area contributed by atoms with Crippen molar-refractivity contribution in [2.45, 2.75) is 25.7 Å². The molecule has 0 aromatic heterocycles. The number of guanidine groups is 1. The number of halogens is 1. The average molecular weight is 557 g/mol. The summed E-state index contributed by atoms with van der Waals surface area (Å²) in [6.07, 6.45) is 3.92. The maximum atomic E-state index is 12.4. The van der Waals surface area contributed by atoms with E-state index in [0.717, 1.165) is 51.5 Å². The SMILES string of the molecule is CN=C(NCCCN1CCCN(C)CC1)NCC1CC(=O)N(CCc2ccccc2)C1.I. The fourth-order valence-electron chi connectivity index (χ4n) is 4.41. The van der Waals surface area contributed by atoms with Crippen molar-refractivity contribution in [2.24, 2.45) is 10.9 Å². The Bertz CT molecular complexity index is 701. The third-order valence-electron chi connectivity index (χ3n) is 6.35. The zero-order valence-corrected chi connectivity index (χ0v) is 22.1. The molecule has 2 heterocycles. The number of likely N-dealkylation sites (tertiary alicyclic amines) is 1. The van der Waals surface area contributed by atoms with Crippen LogP contribution in [-0.2, 0) is 11.2 Å². The van der Waals surface area contributed by atoms with Gasteiger partial charge in [-0.1, -0.05) is 30.3 Å². The highest BCUT2D eigenvalue weighted by molar-refractivity contribution is 14.0. The number of likely N-dealkylation sites (N-methyl/N-ethyl adjacent to an activating group) is 1. The molecule has 1 atom stereocenters. The van der Waals surface area contributed by atoms with Crippen LogP contribution in [0.5, 0.6) is 0 Å². The molecule has 2 N–H and O–H groups in total. The molecule has 1 amide bonds. The van der Waals surface area contributed by atoms with Gasteiger partial charge in [-0.15, -0.1) is 24.0 Å². The van der Waals surface area contributed by atoms with E-state index in [1.807, 2.05) is 18.0 Å². The van der Waals surface area contributed by atoms with Crippen LogP contribution in [0.25, 0.3) is 0 Å². The lowest BCUT2D eigenvalue weighted by Crippen LogP contribution is -2.41. The number of carbonyl (C=O) groups is 1. The standard InChI is InChI=1S/C24H40N6O.HI/c1-25-24(26-11-6-13-29-14-7-12-28(2)16-17-29)27-19-22-18-23(31)30(20-22)15-10-21-8-4-3-5-9-21;/h3-5,8-9,22H,6-7,10-20H2,1-2H3,(H2,25,26,27);1H. The van der Waals surface area contributed by atoms with Crippen LogP contribution in [0.1, 0.15) is 24.8 Å². The lowest BCUT2D eigenvalue weighted by atomic mass is 10.1. The molecule has 180 valence electrons. The Morgan fingerprint density at radius 2 is 1.91 bits per heavy atom. The van der Waals surface area contributed by atoms with Gasteiger partial charge in [0.2, 0.25) is 5.91 Å². The third-order valence-corrected chi connectivity index (χ3v) is 6.35. The second-order valence-electron chi connectivity index (χ2n) is 8.88. The van der Waals surface area contributed by atoms with Crippen molar-refractivity contribution < 1.29 is 4.79 Å². The molecule has 0 bridgehead atoms. The first-order valence-corrected chi connectivity index (χ1v) is 11.8. The Labute approximate surface area is 211 Å². The smallest absolute Gasteiger partial charge is 0.223 e. The van der Waals surface area contributed by atoms with E-state index in [1.165, 1.54) is 38.2 Å². The molecule has 0 saturated carbocycles. The van der Waals surface area contributed by atoms with Gasteiger partial charge in [-0.2, -0.15) is 0 Å². The summed E-state index contributed by atoms with van der Waals surface area (Å²) in [5, 5.41) is 6.85. The first-order valence-electron chi connectivity index (χ1n) is 11.8. The quantitative estimate of drug-likeness (QED) is 0.211. The number of hydrogen-bond donors (Lipinski definition) is 2. The van der Waals surface area contributed by atoms with E-state index in [4.69, 9.17) is 0 Å². The van der Waals surface area contributed by atoms with Crippen LogP contribution in [0, 0.1) is 5.92 Å². The zero-order valence-electron chi connectivity index (χ0n) is 19.8. The number of amides is 1. The molecule has 1 aromatic rings. The second-order valence-corrected chi connectivity index (χ2v) is 8.88. The largest absolute Gasteiger partial charge is 0.356 e. The maximum Gasteiger partial charge on any atom is 0.223 e. The van der Waals surface area contributed by atoms with Crippen LogP contribution in [0.15, 0.2) is 35.3 Å². The lowest BCUT2D eigenvalue weighted by Gasteiger charge is -2.20. The molecule has 8 heteroatoms. The number of benzene rings is 1. The zero-order chi connectivity index (χ0) is 21.9. The van der Waals surface area contributed by atoms with Crippen molar-refractivity contribution in [1.82, 2.24) is 25.3 Å². The number of nitrogens with one attached hydrogen (secondary N) is 2. The summed E-state index contributed by atoms with van der Waals surface area (Å²) < 4.78 is 0. The summed E-state index contributed by atoms with van der Waals surface area (Å²) in [5.74, 6) is 1.45. The van der Waals surface area contributed by atoms with Gasteiger partial charge in [0.25, 0.3) is 0 Å². The van der Waals surface area contributed by atoms with Gasteiger partial charge < -0.3 is 25.3 Å². The van der Waals surface area contributed by atoms with Crippen LogP contribution >= 0.6 is 24.0 Å².